The van der Waals surface area contributed by atoms with E-state index in [9.17, 15) is 4.79 Å². The Balaban J connectivity index is 1.76. The van der Waals surface area contributed by atoms with Crippen LogP contribution in [0.3, 0.4) is 0 Å². The van der Waals surface area contributed by atoms with Crippen molar-refractivity contribution in [2.75, 3.05) is 19.8 Å². The molecule has 1 saturated carbocycles. The third-order valence-electron chi connectivity index (χ3n) is 4.24. The molecular weight excluding hydrogens is 228 g/mol. The smallest absolute Gasteiger partial charge is 0.223 e. The molecule has 1 amide bonds. The molecule has 3 unspecified atom stereocenters. The van der Waals surface area contributed by atoms with Crippen molar-refractivity contribution in [3.05, 3.63) is 0 Å². The normalized spacial score (nSPS) is 33.1. The van der Waals surface area contributed by atoms with Crippen molar-refractivity contribution in [1.82, 2.24) is 5.32 Å². The quantitative estimate of drug-likeness (QED) is 0.798. The summed E-state index contributed by atoms with van der Waals surface area (Å²) in [5.74, 6) is 1.10. The lowest BCUT2D eigenvalue weighted by atomic mass is 9.79. The maximum atomic E-state index is 12.2. The Morgan fingerprint density at radius 3 is 2.89 bits per heavy atom. The summed E-state index contributed by atoms with van der Waals surface area (Å²) in [6.07, 6.45) is 7.67. The van der Waals surface area contributed by atoms with E-state index in [1.807, 2.05) is 0 Å². The molecule has 4 nitrogen and oxygen atoms in total. The van der Waals surface area contributed by atoms with E-state index < -0.39 is 0 Å². The minimum absolute atomic E-state index is 0.206. The monoisotopic (exact) mass is 254 g/mol. The van der Waals surface area contributed by atoms with Gasteiger partial charge in [0.2, 0.25) is 5.91 Å². The Labute approximate surface area is 110 Å². The first-order chi connectivity index (χ1) is 8.79. The van der Waals surface area contributed by atoms with Crippen molar-refractivity contribution >= 4 is 5.91 Å². The van der Waals surface area contributed by atoms with Gasteiger partial charge in [-0.3, -0.25) is 4.79 Å². The molecule has 1 aliphatic carbocycles. The molecule has 0 spiro atoms. The van der Waals surface area contributed by atoms with Crippen molar-refractivity contribution in [3.8, 4) is 0 Å². The predicted molar refractivity (Wildman–Crippen MR) is 71.1 cm³/mol. The number of nitrogens with two attached hydrogens (primary N) is 1. The molecule has 1 saturated heterocycles. The summed E-state index contributed by atoms with van der Waals surface area (Å²) in [7, 11) is 0. The summed E-state index contributed by atoms with van der Waals surface area (Å²) in [5.41, 5.74) is 5.61. The molecule has 3 atom stereocenters. The van der Waals surface area contributed by atoms with Crippen molar-refractivity contribution in [2.24, 2.45) is 17.6 Å². The molecular formula is C14H26N2O2. The number of nitrogens with one attached hydrogen (secondary N) is 1. The number of amides is 1. The van der Waals surface area contributed by atoms with Crippen LogP contribution in [0, 0.1) is 11.8 Å². The lowest BCUT2D eigenvalue weighted by Gasteiger charge is -2.30. The average Bonchev–Trinajstić information content (AvgIpc) is 2.40. The van der Waals surface area contributed by atoms with Gasteiger partial charge in [-0.2, -0.15) is 0 Å². The lowest BCUT2D eigenvalue weighted by Crippen LogP contribution is -2.44. The maximum absolute atomic E-state index is 12.2. The minimum Gasteiger partial charge on any atom is -0.379 e. The highest BCUT2D eigenvalue weighted by molar-refractivity contribution is 5.79. The van der Waals surface area contributed by atoms with Gasteiger partial charge in [-0.25, -0.2) is 0 Å². The highest BCUT2D eigenvalue weighted by atomic mass is 16.5. The van der Waals surface area contributed by atoms with Gasteiger partial charge in [-0.05, 0) is 44.6 Å². The van der Waals surface area contributed by atoms with Gasteiger partial charge in [0.15, 0.2) is 0 Å². The highest BCUT2D eigenvalue weighted by Crippen LogP contribution is 2.31. The van der Waals surface area contributed by atoms with Gasteiger partial charge >= 0.3 is 0 Å². The SMILES string of the molecule is NCCC1CCCC(C(=O)NC2CCCOC2)C1. The fourth-order valence-electron chi connectivity index (χ4n) is 3.20. The van der Waals surface area contributed by atoms with Gasteiger partial charge in [0, 0.05) is 12.5 Å². The molecule has 18 heavy (non-hydrogen) atoms. The van der Waals surface area contributed by atoms with Crippen LogP contribution < -0.4 is 11.1 Å². The molecule has 0 radical (unpaired) electrons. The van der Waals surface area contributed by atoms with E-state index in [-0.39, 0.29) is 17.9 Å². The second-order valence-electron chi connectivity index (χ2n) is 5.73. The van der Waals surface area contributed by atoms with Gasteiger partial charge in [0.25, 0.3) is 0 Å². The third-order valence-corrected chi connectivity index (χ3v) is 4.24. The second-order valence-corrected chi connectivity index (χ2v) is 5.73. The van der Waals surface area contributed by atoms with Gasteiger partial charge in [-0.1, -0.05) is 12.8 Å². The molecule has 104 valence electrons. The molecule has 0 aromatic rings. The van der Waals surface area contributed by atoms with E-state index in [4.69, 9.17) is 10.5 Å². The van der Waals surface area contributed by atoms with Crippen LogP contribution in [0.15, 0.2) is 0 Å². The summed E-state index contributed by atoms with van der Waals surface area (Å²) in [5, 5.41) is 3.16. The van der Waals surface area contributed by atoms with Gasteiger partial charge in [0.1, 0.15) is 0 Å². The molecule has 0 bridgehead atoms. The molecule has 2 rings (SSSR count). The number of hydrogen-bond donors (Lipinski definition) is 2. The van der Waals surface area contributed by atoms with E-state index in [2.05, 4.69) is 5.32 Å². The Morgan fingerprint density at radius 2 is 2.17 bits per heavy atom. The summed E-state index contributed by atoms with van der Waals surface area (Å²) in [6.45, 7) is 2.27. The number of carbonyl (C=O) groups excluding carboxylic acids is 1. The average molecular weight is 254 g/mol. The molecule has 1 aliphatic heterocycles. The Kier molecular flexibility index (Phi) is 5.45. The maximum Gasteiger partial charge on any atom is 0.223 e. The number of rotatable bonds is 4. The van der Waals surface area contributed by atoms with Gasteiger partial charge < -0.3 is 15.8 Å². The van der Waals surface area contributed by atoms with Crippen LogP contribution in [0.1, 0.15) is 44.9 Å². The van der Waals surface area contributed by atoms with Crippen molar-refractivity contribution < 1.29 is 9.53 Å². The van der Waals surface area contributed by atoms with E-state index in [0.717, 1.165) is 45.3 Å². The zero-order valence-corrected chi connectivity index (χ0v) is 11.2. The Hall–Kier alpha value is -0.610. The third kappa shape index (κ3) is 3.95. The van der Waals surface area contributed by atoms with Crippen LogP contribution in [-0.2, 0) is 9.53 Å². The van der Waals surface area contributed by atoms with Gasteiger partial charge in [0.05, 0.1) is 12.6 Å². The predicted octanol–water partition coefficient (Wildman–Crippen LogP) is 1.44. The summed E-state index contributed by atoms with van der Waals surface area (Å²) >= 11 is 0. The number of ether oxygens (including phenoxy) is 1. The van der Waals surface area contributed by atoms with E-state index in [1.54, 1.807) is 0 Å². The molecule has 4 heteroatoms. The van der Waals surface area contributed by atoms with Crippen LogP contribution in [0.5, 0.6) is 0 Å². The number of hydrogen-bond acceptors (Lipinski definition) is 3. The van der Waals surface area contributed by atoms with Crippen LogP contribution in [0.2, 0.25) is 0 Å². The van der Waals surface area contributed by atoms with E-state index in [1.165, 1.54) is 12.8 Å². The van der Waals surface area contributed by atoms with Gasteiger partial charge in [-0.15, -0.1) is 0 Å². The Bertz CT molecular complexity index is 263. The van der Waals surface area contributed by atoms with Crippen molar-refractivity contribution in [2.45, 2.75) is 51.0 Å². The number of carbonyl (C=O) groups is 1. The zero-order chi connectivity index (χ0) is 12.8. The largest absolute Gasteiger partial charge is 0.379 e. The second kappa shape index (κ2) is 7.10. The molecule has 0 aromatic heterocycles. The Morgan fingerprint density at radius 1 is 1.28 bits per heavy atom. The topological polar surface area (TPSA) is 64.4 Å². The van der Waals surface area contributed by atoms with E-state index in [0.29, 0.717) is 12.5 Å². The fourth-order valence-corrected chi connectivity index (χ4v) is 3.20. The van der Waals surface area contributed by atoms with Crippen LogP contribution >= 0.6 is 0 Å². The first kappa shape index (κ1) is 13.8. The summed E-state index contributed by atoms with van der Waals surface area (Å²) < 4.78 is 5.40. The standard InChI is InChI=1S/C14H26N2O2/c15-7-6-11-3-1-4-12(9-11)14(17)16-13-5-2-8-18-10-13/h11-13H,1-10,15H2,(H,16,17). The molecule has 2 fully saturated rings. The van der Waals surface area contributed by atoms with E-state index >= 15 is 0 Å². The first-order valence-electron chi connectivity index (χ1n) is 7.37. The molecule has 3 N–H and O–H groups in total. The summed E-state index contributed by atoms with van der Waals surface area (Å²) in [6, 6.07) is 0.237. The summed E-state index contributed by atoms with van der Waals surface area (Å²) in [4.78, 5) is 12.2. The molecule has 2 aliphatic rings. The molecule has 0 aromatic carbocycles. The van der Waals surface area contributed by atoms with Crippen molar-refractivity contribution in [3.63, 3.8) is 0 Å². The van der Waals surface area contributed by atoms with Crippen molar-refractivity contribution in [1.29, 1.82) is 0 Å². The van der Waals surface area contributed by atoms with Crippen LogP contribution in [-0.4, -0.2) is 31.7 Å². The zero-order valence-electron chi connectivity index (χ0n) is 11.2. The van der Waals surface area contributed by atoms with Crippen LogP contribution in [0.4, 0.5) is 0 Å². The fraction of sp³-hybridized carbons (Fsp3) is 0.929. The van der Waals surface area contributed by atoms with Crippen LogP contribution in [0.25, 0.3) is 0 Å². The molecule has 1 heterocycles. The lowest BCUT2D eigenvalue weighted by molar-refractivity contribution is -0.128. The minimum atomic E-state index is 0.206. The first-order valence-corrected chi connectivity index (χ1v) is 7.37. The highest BCUT2D eigenvalue weighted by Gasteiger charge is 2.28.